The average molecular weight is 483 g/mol. The van der Waals surface area contributed by atoms with Crippen LogP contribution in [-0.4, -0.2) is 39.0 Å². The zero-order chi connectivity index (χ0) is 25.2. The van der Waals surface area contributed by atoms with Gasteiger partial charge in [-0.3, -0.25) is 9.59 Å². The van der Waals surface area contributed by atoms with Crippen molar-refractivity contribution in [2.45, 2.75) is 39.7 Å². The van der Waals surface area contributed by atoms with Crippen LogP contribution < -0.4 is 16.0 Å². The van der Waals surface area contributed by atoms with Gasteiger partial charge in [-0.2, -0.15) is 5.10 Å². The van der Waals surface area contributed by atoms with E-state index in [2.05, 4.69) is 34.8 Å². The number of imidazole rings is 1. The molecule has 0 bridgehead atoms. The Morgan fingerprint density at radius 1 is 1.06 bits per heavy atom. The second-order valence-corrected chi connectivity index (χ2v) is 9.65. The number of carbonyl (C=O) groups is 2. The number of nitrogens with one attached hydrogen (secondary N) is 3. The highest BCUT2D eigenvalue weighted by molar-refractivity contribution is 5.95. The van der Waals surface area contributed by atoms with Gasteiger partial charge in [0.1, 0.15) is 0 Å². The molecule has 36 heavy (non-hydrogen) atoms. The summed E-state index contributed by atoms with van der Waals surface area (Å²) in [5.74, 6) is 0.255. The molecule has 8 heteroatoms. The van der Waals surface area contributed by atoms with E-state index in [1.165, 1.54) is 6.92 Å². The van der Waals surface area contributed by atoms with Crippen molar-refractivity contribution in [1.82, 2.24) is 19.9 Å². The molecule has 1 fully saturated rings. The first-order valence-electron chi connectivity index (χ1n) is 12.3. The molecule has 2 aromatic carbocycles. The Morgan fingerprint density at radius 2 is 1.81 bits per heavy atom. The molecule has 5 rings (SSSR count). The van der Waals surface area contributed by atoms with Gasteiger partial charge in [0.25, 0.3) is 5.91 Å². The van der Waals surface area contributed by atoms with Crippen LogP contribution in [0.1, 0.15) is 44.0 Å². The van der Waals surface area contributed by atoms with Gasteiger partial charge >= 0.3 is 0 Å². The number of carbonyl (C=O) groups excluding carboxylic acids is 2. The summed E-state index contributed by atoms with van der Waals surface area (Å²) in [6, 6.07) is 17.4. The monoisotopic (exact) mass is 482 g/mol. The molecule has 1 saturated carbocycles. The maximum Gasteiger partial charge on any atom is 0.251 e. The Labute approximate surface area is 210 Å². The minimum absolute atomic E-state index is 0.0441. The van der Waals surface area contributed by atoms with Crippen LogP contribution in [-0.2, 0) is 4.79 Å². The smallest absolute Gasteiger partial charge is 0.251 e. The van der Waals surface area contributed by atoms with Crippen LogP contribution in [0.2, 0.25) is 0 Å². The van der Waals surface area contributed by atoms with Crippen LogP contribution in [0.5, 0.6) is 0 Å². The first-order valence-corrected chi connectivity index (χ1v) is 12.3. The number of rotatable bonds is 8. The van der Waals surface area contributed by atoms with E-state index >= 15 is 0 Å². The summed E-state index contributed by atoms with van der Waals surface area (Å²) >= 11 is 0. The second kappa shape index (κ2) is 9.81. The van der Waals surface area contributed by atoms with Gasteiger partial charge in [-0.25, -0.2) is 9.50 Å². The molecule has 0 saturated heterocycles. The SMILES string of the molecule is CC(=O)Nc1ccccc1-c1cc(NCC(C)C)c2ncc(-c3ccc(C(=O)NC4CC4)cc3)n2n1. The highest BCUT2D eigenvalue weighted by Gasteiger charge is 2.24. The molecule has 4 aromatic rings. The van der Waals surface area contributed by atoms with E-state index in [1.54, 1.807) is 6.20 Å². The zero-order valence-corrected chi connectivity index (χ0v) is 20.7. The lowest BCUT2D eigenvalue weighted by Gasteiger charge is -2.14. The number of nitrogens with zero attached hydrogens (tertiary/aromatic N) is 3. The maximum atomic E-state index is 12.4. The Bertz CT molecular complexity index is 1420. The molecule has 2 heterocycles. The minimum atomic E-state index is -0.143. The third-order valence-corrected chi connectivity index (χ3v) is 6.04. The normalized spacial score (nSPS) is 13.1. The van der Waals surface area contributed by atoms with Crippen molar-refractivity contribution in [2.24, 2.45) is 5.92 Å². The fraction of sp³-hybridized carbons (Fsp3) is 0.286. The van der Waals surface area contributed by atoms with Crippen molar-refractivity contribution in [3.63, 3.8) is 0 Å². The quantitative estimate of drug-likeness (QED) is 0.329. The first-order chi connectivity index (χ1) is 17.4. The molecule has 0 atom stereocenters. The van der Waals surface area contributed by atoms with E-state index in [9.17, 15) is 9.59 Å². The molecule has 8 nitrogen and oxygen atoms in total. The molecule has 2 aromatic heterocycles. The van der Waals surface area contributed by atoms with E-state index < -0.39 is 0 Å². The summed E-state index contributed by atoms with van der Waals surface area (Å²) in [6.45, 7) is 6.57. The van der Waals surface area contributed by atoms with Crippen LogP contribution in [0, 0.1) is 5.92 Å². The predicted octanol–water partition coefficient (Wildman–Crippen LogP) is 4.98. The van der Waals surface area contributed by atoms with Crippen LogP contribution >= 0.6 is 0 Å². The summed E-state index contributed by atoms with van der Waals surface area (Å²) < 4.78 is 1.82. The largest absolute Gasteiger partial charge is 0.382 e. The number of amides is 2. The Morgan fingerprint density at radius 3 is 2.50 bits per heavy atom. The maximum absolute atomic E-state index is 12.4. The summed E-state index contributed by atoms with van der Waals surface area (Å²) in [5, 5.41) is 14.4. The van der Waals surface area contributed by atoms with E-state index in [-0.39, 0.29) is 11.8 Å². The predicted molar refractivity (Wildman–Crippen MR) is 142 cm³/mol. The zero-order valence-electron chi connectivity index (χ0n) is 20.7. The highest BCUT2D eigenvalue weighted by Crippen LogP contribution is 2.32. The Balaban J connectivity index is 1.58. The van der Waals surface area contributed by atoms with Crippen molar-refractivity contribution in [2.75, 3.05) is 17.2 Å². The standard InChI is InChI=1S/C28H30N6O2/c1-17(2)15-29-25-14-24(22-6-4-5-7-23(22)31-18(3)35)33-34-26(16-30-27(25)34)19-8-10-20(11-9-19)28(36)32-21-12-13-21/h4-11,14,16-17,21,29H,12-13,15H2,1-3H3,(H,31,35)(H,32,36). The van der Waals surface area contributed by atoms with Gasteiger partial charge in [-0.15, -0.1) is 0 Å². The number of benzene rings is 2. The minimum Gasteiger partial charge on any atom is -0.382 e. The van der Waals surface area contributed by atoms with Gasteiger partial charge in [0.05, 0.1) is 29.0 Å². The number of anilines is 2. The molecule has 2 amide bonds. The first kappa shape index (κ1) is 23.5. The summed E-state index contributed by atoms with van der Waals surface area (Å²) in [4.78, 5) is 28.9. The molecule has 3 N–H and O–H groups in total. The lowest BCUT2D eigenvalue weighted by Crippen LogP contribution is -2.25. The second-order valence-electron chi connectivity index (χ2n) is 9.65. The number of hydrogen-bond acceptors (Lipinski definition) is 5. The van der Waals surface area contributed by atoms with E-state index in [1.807, 2.05) is 59.1 Å². The lowest BCUT2D eigenvalue weighted by molar-refractivity contribution is -0.114. The van der Waals surface area contributed by atoms with Crippen LogP contribution in [0.15, 0.2) is 60.8 Å². The fourth-order valence-electron chi connectivity index (χ4n) is 4.03. The van der Waals surface area contributed by atoms with E-state index in [0.29, 0.717) is 34.6 Å². The Kier molecular flexibility index (Phi) is 6.41. The van der Waals surface area contributed by atoms with Gasteiger partial charge in [0, 0.05) is 36.2 Å². The third kappa shape index (κ3) is 5.07. The highest BCUT2D eigenvalue weighted by atomic mass is 16.2. The number of para-hydroxylation sites is 1. The van der Waals surface area contributed by atoms with Crippen molar-refractivity contribution >= 4 is 28.8 Å². The lowest BCUT2D eigenvalue weighted by atomic mass is 10.1. The Hall–Kier alpha value is -4.20. The third-order valence-electron chi connectivity index (χ3n) is 6.04. The molecular weight excluding hydrogens is 452 g/mol. The van der Waals surface area contributed by atoms with Crippen molar-refractivity contribution in [3.8, 4) is 22.5 Å². The van der Waals surface area contributed by atoms with Crippen molar-refractivity contribution in [3.05, 3.63) is 66.4 Å². The van der Waals surface area contributed by atoms with Gasteiger partial charge in [0.2, 0.25) is 5.91 Å². The van der Waals surface area contributed by atoms with Crippen molar-refractivity contribution < 1.29 is 9.59 Å². The van der Waals surface area contributed by atoms with Gasteiger partial charge in [-0.05, 0) is 43.0 Å². The molecular formula is C28H30N6O2. The molecule has 184 valence electrons. The van der Waals surface area contributed by atoms with Gasteiger partial charge in [0.15, 0.2) is 5.65 Å². The molecule has 0 aliphatic heterocycles. The fourth-order valence-corrected chi connectivity index (χ4v) is 4.03. The molecule has 1 aliphatic rings. The molecule has 0 spiro atoms. The molecule has 0 radical (unpaired) electrons. The molecule has 0 unspecified atom stereocenters. The summed E-state index contributed by atoms with van der Waals surface area (Å²) in [6.07, 6.45) is 3.90. The van der Waals surface area contributed by atoms with Crippen LogP contribution in [0.4, 0.5) is 11.4 Å². The van der Waals surface area contributed by atoms with Crippen molar-refractivity contribution in [1.29, 1.82) is 0 Å². The summed E-state index contributed by atoms with van der Waals surface area (Å²) in [5.41, 5.74) is 6.13. The number of hydrogen-bond donors (Lipinski definition) is 3. The van der Waals surface area contributed by atoms with E-state index in [0.717, 1.165) is 41.9 Å². The number of fused-ring (bicyclic) bond motifs is 1. The van der Waals surface area contributed by atoms with Crippen LogP contribution in [0.25, 0.3) is 28.2 Å². The van der Waals surface area contributed by atoms with Gasteiger partial charge < -0.3 is 16.0 Å². The average Bonchev–Trinajstić information content (AvgIpc) is 3.57. The topological polar surface area (TPSA) is 100 Å². The number of aromatic nitrogens is 3. The van der Waals surface area contributed by atoms with E-state index in [4.69, 9.17) is 5.10 Å². The van der Waals surface area contributed by atoms with Crippen LogP contribution in [0.3, 0.4) is 0 Å². The summed E-state index contributed by atoms with van der Waals surface area (Å²) in [7, 11) is 0. The van der Waals surface area contributed by atoms with Gasteiger partial charge in [-0.1, -0.05) is 44.2 Å². The molecule has 1 aliphatic carbocycles.